The summed E-state index contributed by atoms with van der Waals surface area (Å²) in [6, 6.07) is 7.33. The van der Waals surface area contributed by atoms with Gasteiger partial charge in [0.05, 0.1) is 4.75 Å². The van der Waals surface area contributed by atoms with E-state index in [2.05, 4.69) is 5.32 Å². The van der Waals surface area contributed by atoms with Gasteiger partial charge in [0.25, 0.3) is 0 Å². The zero-order valence-corrected chi connectivity index (χ0v) is 13.7. The molecule has 1 aromatic carbocycles. The van der Waals surface area contributed by atoms with Crippen LogP contribution in [0.15, 0.2) is 30.3 Å². The third kappa shape index (κ3) is 1.75. The van der Waals surface area contributed by atoms with Crippen molar-refractivity contribution >= 4 is 29.5 Å². The molecule has 2 heterocycles. The second-order valence-corrected chi connectivity index (χ2v) is 8.28. The van der Waals surface area contributed by atoms with Gasteiger partial charge in [-0.25, -0.2) is 4.79 Å². The molecule has 4 unspecified atom stereocenters. The summed E-state index contributed by atoms with van der Waals surface area (Å²) in [5.74, 6) is -1.75. The van der Waals surface area contributed by atoms with E-state index in [1.807, 2.05) is 13.0 Å². The minimum atomic E-state index is -1.11. The third-order valence-electron chi connectivity index (χ3n) is 5.27. The molecular formula is C16H17N3O4S. The van der Waals surface area contributed by atoms with E-state index >= 15 is 0 Å². The summed E-state index contributed by atoms with van der Waals surface area (Å²) in [6.45, 7) is 1.85. The number of nitrogens with zero attached hydrogens (tertiary/aromatic N) is 1. The highest BCUT2D eigenvalue weighted by atomic mass is 32.2. The quantitative estimate of drug-likeness (QED) is 0.665. The van der Waals surface area contributed by atoms with Gasteiger partial charge in [0.15, 0.2) is 5.54 Å². The number of thioether (sulfide) groups is 1. The summed E-state index contributed by atoms with van der Waals surface area (Å²) in [6.07, 6.45) is 0.451. The second kappa shape index (κ2) is 4.73. The second-order valence-electron chi connectivity index (χ2n) is 6.66. The van der Waals surface area contributed by atoms with Crippen LogP contribution >= 0.6 is 11.8 Å². The summed E-state index contributed by atoms with van der Waals surface area (Å²) in [7, 11) is 0. The van der Waals surface area contributed by atoms with Crippen molar-refractivity contribution in [1.82, 2.24) is 10.2 Å². The number of nitrogens with two attached hydrogens (primary N) is 1. The van der Waals surface area contributed by atoms with Crippen LogP contribution in [0.25, 0.3) is 0 Å². The lowest BCUT2D eigenvalue weighted by Gasteiger charge is -2.46. The molecule has 2 aliphatic heterocycles. The lowest BCUT2D eigenvalue weighted by atomic mass is 9.99. The van der Waals surface area contributed by atoms with E-state index in [1.165, 1.54) is 16.7 Å². The van der Waals surface area contributed by atoms with Gasteiger partial charge in [0, 0.05) is 6.42 Å². The molecule has 24 heavy (non-hydrogen) atoms. The Morgan fingerprint density at radius 1 is 1.42 bits per heavy atom. The van der Waals surface area contributed by atoms with Crippen molar-refractivity contribution in [3.63, 3.8) is 0 Å². The Kier molecular flexibility index (Phi) is 3.05. The Morgan fingerprint density at radius 3 is 2.71 bits per heavy atom. The van der Waals surface area contributed by atoms with Crippen molar-refractivity contribution in [2.24, 2.45) is 5.73 Å². The number of carboxylic acid groups (broad SMARTS) is 1. The number of hydrogen-bond donors (Lipinski definition) is 3. The zero-order valence-electron chi connectivity index (χ0n) is 12.9. The number of benzene rings is 1. The maximum atomic E-state index is 12.4. The summed E-state index contributed by atoms with van der Waals surface area (Å²) in [5, 5.41) is 11.9. The molecule has 0 radical (unpaired) electrons. The predicted octanol–water partition coefficient (Wildman–Crippen LogP) is 0.0721. The van der Waals surface area contributed by atoms with Crippen molar-refractivity contribution in [1.29, 1.82) is 0 Å². The Balaban J connectivity index is 1.48. The van der Waals surface area contributed by atoms with E-state index < -0.39 is 34.2 Å². The number of carboxylic acids is 1. The van der Waals surface area contributed by atoms with E-state index in [9.17, 15) is 19.5 Å². The van der Waals surface area contributed by atoms with Crippen LogP contribution in [0.5, 0.6) is 0 Å². The molecule has 2 amide bonds. The van der Waals surface area contributed by atoms with E-state index in [0.29, 0.717) is 12.0 Å². The molecule has 5 atom stereocenters. The molecule has 0 bridgehead atoms. The lowest BCUT2D eigenvalue weighted by molar-refractivity contribution is -0.163. The van der Waals surface area contributed by atoms with Gasteiger partial charge in [-0.15, -0.1) is 11.8 Å². The van der Waals surface area contributed by atoms with Gasteiger partial charge in [0.1, 0.15) is 17.5 Å². The maximum absolute atomic E-state index is 12.4. The average molecular weight is 347 g/mol. The van der Waals surface area contributed by atoms with Crippen molar-refractivity contribution in [2.75, 3.05) is 0 Å². The molecule has 0 aromatic heterocycles. The van der Waals surface area contributed by atoms with E-state index in [1.54, 1.807) is 24.3 Å². The van der Waals surface area contributed by atoms with Gasteiger partial charge < -0.3 is 21.1 Å². The number of hydrogen-bond acceptors (Lipinski definition) is 5. The molecule has 1 aromatic rings. The molecule has 4 rings (SSSR count). The summed E-state index contributed by atoms with van der Waals surface area (Å²) in [5.41, 5.74) is 5.50. The Bertz CT molecular complexity index is 757. The number of nitrogens with one attached hydrogen (secondary N) is 1. The van der Waals surface area contributed by atoms with Gasteiger partial charge in [-0.2, -0.15) is 0 Å². The fourth-order valence-electron chi connectivity index (χ4n) is 3.77. The first-order valence-corrected chi connectivity index (χ1v) is 8.55. The highest BCUT2D eigenvalue weighted by Gasteiger charge is 2.85. The van der Waals surface area contributed by atoms with Crippen LogP contribution < -0.4 is 11.1 Å². The van der Waals surface area contributed by atoms with E-state index in [0.717, 1.165) is 0 Å². The summed E-state index contributed by atoms with van der Waals surface area (Å²) in [4.78, 5) is 37.8. The van der Waals surface area contributed by atoms with Crippen molar-refractivity contribution in [2.45, 2.75) is 41.1 Å². The number of rotatable bonds is 4. The van der Waals surface area contributed by atoms with Crippen molar-refractivity contribution in [3.05, 3.63) is 35.9 Å². The molecule has 1 saturated carbocycles. The van der Waals surface area contributed by atoms with Crippen LogP contribution in [0, 0.1) is 0 Å². The Morgan fingerprint density at radius 2 is 2.08 bits per heavy atom. The number of carbonyl (C=O) groups is 3. The summed E-state index contributed by atoms with van der Waals surface area (Å²) >= 11 is 1.45. The van der Waals surface area contributed by atoms with Gasteiger partial charge in [-0.05, 0) is 12.5 Å². The fourth-order valence-corrected chi connectivity index (χ4v) is 5.69. The van der Waals surface area contributed by atoms with Crippen LogP contribution in [0.1, 0.15) is 24.9 Å². The third-order valence-corrected chi connectivity index (χ3v) is 7.00. The molecule has 3 aliphatic rings. The van der Waals surface area contributed by atoms with Crippen LogP contribution in [0.4, 0.5) is 0 Å². The molecular weight excluding hydrogens is 330 g/mol. The van der Waals surface area contributed by atoms with Crippen LogP contribution in [-0.2, 0) is 14.4 Å². The lowest BCUT2D eigenvalue weighted by Crippen LogP contribution is -2.72. The van der Waals surface area contributed by atoms with E-state index in [-0.39, 0.29) is 11.3 Å². The Hall–Kier alpha value is -2.06. The van der Waals surface area contributed by atoms with Gasteiger partial charge >= 0.3 is 5.97 Å². The fraction of sp³-hybridized carbons (Fsp3) is 0.438. The smallest absolute Gasteiger partial charge is 0.331 e. The average Bonchev–Trinajstić information content (AvgIpc) is 3.11. The monoisotopic (exact) mass is 347 g/mol. The van der Waals surface area contributed by atoms with Crippen molar-refractivity contribution in [3.8, 4) is 0 Å². The van der Waals surface area contributed by atoms with Gasteiger partial charge in [0.2, 0.25) is 11.8 Å². The molecule has 0 spiro atoms. The first-order valence-electron chi connectivity index (χ1n) is 7.67. The maximum Gasteiger partial charge on any atom is 0.331 e. The molecule has 1 aliphatic carbocycles. The van der Waals surface area contributed by atoms with Gasteiger partial charge in [-0.3, -0.25) is 9.59 Å². The summed E-state index contributed by atoms with van der Waals surface area (Å²) < 4.78 is -0.472. The van der Waals surface area contributed by atoms with Crippen LogP contribution in [0.3, 0.4) is 0 Å². The number of aliphatic carboxylic acids is 1. The van der Waals surface area contributed by atoms with Crippen molar-refractivity contribution < 1.29 is 19.5 Å². The first-order chi connectivity index (χ1) is 11.3. The first kappa shape index (κ1) is 15.5. The minimum absolute atomic E-state index is 0.334. The standard InChI is InChI=1S/C16H17N3O4S/c1-15-7-16(15,14(22)23)19-12(21)10(13(19)24-15)18-11(20)9(17)8-5-3-2-4-6-8/h2-6,9-10,13H,7,17H2,1H3,(H,18,20)(H,22,23)/t9?,10?,13-,15?,16?/m1/s1. The van der Waals surface area contributed by atoms with Crippen LogP contribution in [0.2, 0.25) is 0 Å². The number of fused-ring (bicyclic) bond motifs is 3. The molecule has 8 heteroatoms. The SMILES string of the molecule is CC12CC1(C(=O)O)N1C(=O)C(NC(=O)C(N)c3ccccc3)[C@H]1S2. The number of β-lactam (4-membered cyclic amide) rings is 1. The predicted molar refractivity (Wildman–Crippen MR) is 86.9 cm³/mol. The molecule has 4 N–H and O–H groups in total. The normalized spacial score (nSPS) is 37.1. The zero-order chi connectivity index (χ0) is 17.3. The molecule has 2 saturated heterocycles. The highest BCUT2D eigenvalue weighted by molar-refractivity contribution is 8.02. The molecule has 3 fully saturated rings. The molecule has 126 valence electrons. The van der Waals surface area contributed by atoms with Crippen LogP contribution in [-0.4, -0.2) is 49.5 Å². The van der Waals surface area contributed by atoms with E-state index in [4.69, 9.17) is 5.73 Å². The number of amides is 2. The largest absolute Gasteiger partial charge is 0.479 e. The van der Waals surface area contributed by atoms with Gasteiger partial charge in [-0.1, -0.05) is 30.3 Å². The topological polar surface area (TPSA) is 113 Å². The number of carbonyl (C=O) groups excluding carboxylic acids is 2. The molecule has 7 nitrogen and oxygen atoms in total. The highest BCUT2D eigenvalue weighted by Crippen LogP contribution is 2.71. The Labute approximate surface area is 142 Å². The minimum Gasteiger partial charge on any atom is -0.479 e.